The molecule has 1 aromatic carbocycles. The number of rotatable bonds is 3. The van der Waals surface area contributed by atoms with Crippen LogP contribution in [0.25, 0.3) is 0 Å². The van der Waals surface area contributed by atoms with Crippen LogP contribution in [-0.4, -0.2) is 0 Å². The summed E-state index contributed by atoms with van der Waals surface area (Å²) in [6, 6.07) is 4.16. The molecule has 0 aromatic heterocycles. The van der Waals surface area contributed by atoms with Gasteiger partial charge in [-0.2, -0.15) is 0 Å². The lowest BCUT2D eigenvalue weighted by atomic mass is 10.0. The Labute approximate surface area is 77.7 Å². The smallest absolute Gasteiger partial charge is 0.123 e. The zero-order chi connectivity index (χ0) is 9.84. The Kier molecular flexibility index (Phi) is 3.25. The summed E-state index contributed by atoms with van der Waals surface area (Å²) in [4.78, 5) is 0. The lowest BCUT2D eigenvalue weighted by molar-refractivity contribution is 0.606. The molecule has 0 aliphatic heterocycles. The Morgan fingerprint density at radius 2 is 2.15 bits per heavy atom. The predicted molar refractivity (Wildman–Crippen MR) is 52.6 cm³/mol. The van der Waals surface area contributed by atoms with Crippen LogP contribution < -0.4 is 11.5 Å². The van der Waals surface area contributed by atoms with Gasteiger partial charge in [-0.1, -0.05) is 13.3 Å². The molecule has 1 aromatic rings. The molecule has 0 heterocycles. The van der Waals surface area contributed by atoms with Gasteiger partial charge in [-0.15, -0.1) is 0 Å². The first-order valence-electron chi connectivity index (χ1n) is 4.45. The summed E-state index contributed by atoms with van der Waals surface area (Å²) >= 11 is 0. The Hall–Kier alpha value is -1.09. The van der Waals surface area contributed by atoms with E-state index in [1.165, 1.54) is 12.1 Å². The first kappa shape index (κ1) is 9.99. The van der Waals surface area contributed by atoms with Gasteiger partial charge in [0.25, 0.3) is 0 Å². The maximum atomic E-state index is 12.8. The van der Waals surface area contributed by atoms with Crippen LogP contribution in [0.3, 0.4) is 0 Å². The van der Waals surface area contributed by atoms with Gasteiger partial charge in [0.2, 0.25) is 0 Å². The van der Waals surface area contributed by atoms with Crippen LogP contribution in [0.1, 0.15) is 31.4 Å². The zero-order valence-electron chi connectivity index (χ0n) is 7.76. The third-order valence-electron chi connectivity index (χ3n) is 2.05. The van der Waals surface area contributed by atoms with E-state index in [1.807, 2.05) is 6.92 Å². The molecule has 0 fully saturated rings. The van der Waals surface area contributed by atoms with E-state index in [0.717, 1.165) is 12.8 Å². The Balaban J connectivity index is 2.91. The molecule has 0 aliphatic rings. The second-order valence-corrected chi connectivity index (χ2v) is 3.17. The van der Waals surface area contributed by atoms with Gasteiger partial charge < -0.3 is 11.5 Å². The van der Waals surface area contributed by atoms with Gasteiger partial charge in [-0.05, 0) is 30.2 Å². The van der Waals surface area contributed by atoms with Crippen molar-refractivity contribution in [1.29, 1.82) is 0 Å². The Morgan fingerprint density at radius 3 is 2.77 bits per heavy atom. The highest BCUT2D eigenvalue weighted by molar-refractivity contribution is 5.48. The fourth-order valence-corrected chi connectivity index (χ4v) is 1.33. The Bertz CT molecular complexity index is 286. The molecule has 0 radical (unpaired) electrons. The first-order chi connectivity index (χ1) is 6.15. The maximum absolute atomic E-state index is 12.8. The van der Waals surface area contributed by atoms with Crippen molar-refractivity contribution in [1.82, 2.24) is 0 Å². The molecule has 0 saturated heterocycles. The van der Waals surface area contributed by atoms with E-state index in [9.17, 15) is 4.39 Å². The largest absolute Gasteiger partial charge is 0.398 e. The third-order valence-corrected chi connectivity index (χ3v) is 2.05. The summed E-state index contributed by atoms with van der Waals surface area (Å²) in [5.74, 6) is -0.282. The average Bonchev–Trinajstić information content (AvgIpc) is 2.09. The van der Waals surface area contributed by atoms with Crippen LogP contribution in [0.5, 0.6) is 0 Å². The molecule has 72 valence electrons. The van der Waals surface area contributed by atoms with E-state index in [1.54, 1.807) is 6.07 Å². The predicted octanol–water partition coefficient (Wildman–Crippen LogP) is 2.21. The fraction of sp³-hybridized carbons (Fsp3) is 0.400. The first-order valence-corrected chi connectivity index (χ1v) is 4.45. The second-order valence-electron chi connectivity index (χ2n) is 3.17. The molecule has 13 heavy (non-hydrogen) atoms. The van der Waals surface area contributed by atoms with E-state index in [2.05, 4.69) is 0 Å². The molecular weight excluding hydrogens is 167 g/mol. The topological polar surface area (TPSA) is 52.0 Å². The van der Waals surface area contributed by atoms with Gasteiger partial charge in [0.05, 0.1) is 0 Å². The maximum Gasteiger partial charge on any atom is 0.123 e. The van der Waals surface area contributed by atoms with Gasteiger partial charge in [0.1, 0.15) is 5.82 Å². The molecule has 1 atom stereocenters. The molecule has 0 aliphatic carbocycles. The van der Waals surface area contributed by atoms with Crippen LogP contribution in [0, 0.1) is 5.82 Å². The van der Waals surface area contributed by atoms with Crippen molar-refractivity contribution in [3.8, 4) is 0 Å². The molecule has 4 N–H and O–H groups in total. The normalized spacial score (nSPS) is 12.8. The molecule has 0 amide bonds. The zero-order valence-corrected chi connectivity index (χ0v) is 7.76. The molecule has 0 spiro atoms. The highest BCUT2D eigenvalue weighted by Crippen LogP contribution is 2.22. The number of nitrogens with two attached hydrogens (primary N) is 2. The third kappa shape index (κ3) is 2.42. The van der Waals surface area contributed by atoms with E-state index < -0.39 is 0 Å². The van der Waals surface area contributed by atoms with Gasteiger partial charge in [-0.3, -0.25) is 0 Å². The quantitative estimate of drug-likeness (QED) is 0.704. The fourth-order valence-electron chi connectivity index (χ4n) is 1.33. The summed E-state index contributed by atoms with van der Waals surface area (Å²) < 4.78 is 12.8. The van der Waals surface area contributed by atoms with E-state index in [-0.39, 0.29) is 11.9 Å². The van der Waals surface area contributed by atoms with Crippen LogP contribution in [-0.2, 0) is 0 Å². The highest BCUT2D eigenvalue weighted by atomic mass is 19.1. The molecule has 0 bridgehead atoms. The van der Waals surface area contributed by atoms with Crippen molar-refractivity contribution >= 4 is 5.69 Å². The van der Waals surface area contributed by atoms with Crippen molar-refractivity contribution in [2.45, 2.75) is 25.8 Å². The molecule has 0 unspecified atom stereocenters. The summed E-state index contributed by atoms with van der Waals surface area (Å²) in [5, 5.41) is 0. The van der Waals surface area contributed by atoms with Crippen molar-refractivity contribution < 1.29 is 4.39 Å². The molecule has 1 rings (SSSR count). The van der Waals surface area contributed by atoms with Crippen LogP contribution in [0.4, 0.5) is 10.1 Å². The highest BCUT2D eigenvalue weighted by Gasteiger charge is 2.09. The number of hydrogen-bond acceptors (Lipinski definition) is 2. The van der Waals surface area contributed by atoms with Crippen LogP contribution >= 0.6 is 0 Å². The number of anilines is 1. The minimum atomic E-state index is -0.282. The number of benzene rings is 1. The molecule has 2 nitrogen and oxygen atoms in total. The minimum absolute atomic E-state index is 0.152. The summed E-state index contributed by atoms with van der Waals surface area (Å²) in [5.41, 5.74) is 12.8. The molecule has 3 heteroatoms. The standard InChI is InChI=1S/C10H15FN2/c1-2-3-9(12)8-6-7(11)4-5-10(8)13/h4-6,9H,2-3,12-13H2,1H3/t9-/m1/s1. The van der Waals surface area contributed by atoms with E-state index in [0.29, 0.717) is 11.3 Å². The van der Waals surface area contributed by atoms with Crippen molar-refractivity contribution in [3.63, 3.8) is 0 Å². The van der Waals surface area contributed by atoms with E-state index >= 15 is 0 Å². The average molecular weight is 182 g/mol. The van der Waals surface area contributed by atoms with Crippen LogP contribution in [0.2, 0.25) is 0 Å². The SMILES string of the molecule is CCC[C@@H](N)c1cc(F)ccc1N. The van der Waals surface area contributed by atoms with Gasteiger partial charge >= 0.3 is 0 Å². The van der Waals surface area contributed by atoms with Crippen molar-refractivity contribution in [3.05, 3.63) is 29.6 Å². The summed E-state index contributed by atoms with van der Waals surface area (Å²) in [6.07, 6.45) is 1.80. The Morgan fingerprint density at radius 1 is 1.46 bits per heavy atom. The van der Waals surface area contributed by atoms with E-state index in [4.69, 9.17) is 11.5 Å². The van der Waals surface area contributed by atoms with Crippen LogP contribution in [0.15, 0.2) is 18.2 Å². The second kappa shape index (κ2) is 4.23. The molecular formula is C10H15FN2. The summed E-state index contributed by atoms with van der Waals surface area (Å²) in [7, 11) is 0. The lowest BCUT2D eigenvalue weighted by Gasteiger charge is -2.13. The minimum Gasteiger partial charge on any atom is -0.398 e. The lowest BCUT2D eigenvalue weighted by Crippen LogP contribution is -2.12. The molecule has 0 saturated carbocycles. The van der Waals surface area contributed by atoms with Crippen molar-refractivity contribution in [2.75, 3.05) is 5.73 Å². The number of halogens is 1. The van der Waals surface area contributed by atoms with Gasteiger partial charge in [-0.25, -0.2) is 4.39 Å². The monoisotopic (exact) mass is 182 g/mol. The summed E-state index contributed by atoms with van der Waals surface area (Å²) in [6.45, 7) is 2.04. The number of hydrogen-bond donors (Lipinski definition) is 2. The van der Waals surface area contributed by atoms with Crippen molar-refractivity contribution in [2.24, 2.45) is 5.73 Å². The number of nitrogen functional groups attached to an aromatic ring is 1. The van der Waals surface area contributed by atoms with Gasteiger partial charge in [0.15, 0.2) is 0 Å². The van der Waals surface area contributed by atoms with Gasteiger partial charge in [0, 0.05) is 11.7 Å².